The van der Waals surface area contributed by atoms with Crippen molar-refractivity contribution in [3.05, 3.63) is 290 Å². The molecule has 1 heterocycles. The molecule has 2 nitrogen and oxygen atoms in total. The fourth-order valence-corrected chi connectivity index (χ4v) is 12.5. The van der Waals surface area contributed by atoms with Gasteiger partial charge in [0.2, 0.25) is 0 Å². The van der Waals surface area contributed by atoms with Gasteiger partial charge in [-0.1, -0.05) is 250 Å². The number of hydrogen-bond donors (Lipinski definition) is 0. The van der Waals surface area contributed by atoms with Crippen LogP contribution in [-0.2, 0) is 5.41 Å². The van der Waals surface area contributed by atoms with Gasteiger partial charge in [0, 0.05) is 38.7 Å². The number of nitrogens with zero attached hydrogens (tertiary/aromatic N) is 2. The highest BCUT2D eigenvalue weighted by Crippen LogP contribution is 2.51. The summed E-state index contributed by atoms with van der Waals surface area (Å²) in [5.74, 6) is 0. The van der Waals surface area contributed by atoms with E-state index in [0.29, 0.717) is 0 Å². The molecule has 0 fully saturated rings. The maximum Gasteiger partial charge on any atom is 0.0620 e. The summed E-state index contributed by atoms with van der Waals surface area (Å²) >= 11 is 0. The van der Waals surface area contributed by atoms with E-state index in [9.17, 15) is 0 Å². The molecule has 2 aliphatic carbocycles. The zero-order valence-corrected chi connectivity index (χ0v) is 42.2. The van der Waals surface area contributed by atoms with E-state index < -0.39 is 0 Å². The van der Waals surface area contributed by atoms with Gasteiger partial charge in [0.15, 0.2) is 0 Å². The Morgan fingerprint density at radius 3 is 1.77 bits per heavy atom. The van der Waals surface area contributed by atoms with Gasteiger partial charge >= 0.3 is 0 Å². The lowest BCUT2D eigenvalue weighted by atomic mass is 9.82. The minimum Gasteiger partial charge on any atom is -0.334 e. The zero-order valence-electron chi connectivity index (χ0n) is 42.2. The Hall–Kier alpha value is -9.24. The van der Waals surface area contributed by atoms with Crippen molar-refractivity contribution in [3.8, 4) is 61.3 Å². The first-order valence-corrected chi connectivity index (χ1v) is 26.4. The van der Waals surface area contributed by atoms with Gasteiger partial charge in [0.25, 0.3) is 0 Å². The minimum atomic E-state index is -0.0945. The highest BCUT2D eigenvalue weighted by molar-refractivity contribution is 6.20. The van der Waals surface area contributed by atoms with Gasteiger partial charge in [-0.2, -0.15) is 0 Å². The van der Waals surface area contributed by atoms with E-state index in [1.54, 1.807) is 0 Å². The summed E-state index contributed by atoms with van der Waals surface area (Å²) < 4.78 is 2.53. The van der Waals surface area contributed by atoms with E-state index in [4.69, 9.17) is 0 Å². The standard InChI is InChI=1S/C73H54N2/c1-73(2)67-31-13-11-26-63(67)64-47-46-58(48-68(64)73)74(56-42-38-51(39-43-56)49-18-5-3-6-19-49)57-44-40-52(41-45-57)50-34-36-55(37-35-50)60-25-12-14-32-69(60)75-70-33-17-27-61(54-20-7-4-8-21-54)71(70)66-30-16-29-65(72(66)75)62-28-15-23-53-22-9-10-24-59(53)62/h3-44,46-48,57H,45H2,1-2H3. The molecule has 0 aliphatic heterocycles. The van der Waals surface area contributed by atoms with Crippen LogP contribution in [0.5, 0.6) is 0 Å². The van der Waals surface area contributed by atoms with Gasteiger partial charge in [-0.15, -0.1) is 0 Å². The molecule has 0 saturated carbocycles. The molecule has 0 spiro atoms. The number of allylic oxidation sites excluding steroid dienone is 2. The summed E-state index contributed by atoms with van der Waals surface area (Å²) in [5.41, 5.74) is 23.4. The third-order valence-electron chi connectivity index (χ3n) is 16.2. The van der Waals surface area contributed by atoms with E-state index in [2.05, 4.69) is 296 Å². The summed E-state index contributed by atoms with van der Waals surface area (Å²) in [6.07, 6.45) is 8.06. The van der Waals surface area contributed by atoms with E-state index in [0.717, 1.165) is 12.1 Å². The quantitative estimate of drug-likeness (QED) is 0.140. The van der Waals surface area contributed by atoms with Gasteiger partial charge in [-0.25, -0.2) is 0 Å². The van der Waals surface area contributed by atoms with Crippen LogP contribution in [0.1, 0.15) is 37.0 Å². The first-order chi connectivity index (χ1) is 37.0. The first kappa shape index (κ1) is 44.5. The van der Waals surface area contributed by atoms with Crippen LogP contribution in [0.15, 0.2) is 273 Å². The smallest absolute Gasteiger partial charge is 0.0620 e. The predicted molar refractivity (Wildman–Crippen MR) is 318 cm³/mol. The molecule has 0 bridgehead atoms. The fourth-order valence-electron chi connectivity index (χ4n) is 12.5. The Kier molecular flexibility index (Phi) is 10.7. The maximum atomic E-state index is 2.54. The predicted octanol–water partition coefficient (Wildman–Crippen LogP) is 19.5. The molecule has 2 aliphatic rings. The maximum absolute atomic E-state index is 2.54. The lowest BCUT2D eigenvalue weighted by Gasteiger charge is -2.34. The second-order valence-corrected chi connectivity index (χ2v) is 20.7. The largest absolute Gasteiger partial charge is 0.334 e. The Bertz CT molecular complexity index is 4210. The van der Waals surface area contributed by atoms with Crippen molar-refractivity contribution < 1.29 is 0 Å². The summed E-state index contributed by atoms with van der Waals surface area (Å²) in [7, 11) is 0. The van der Waals surface area contributed by atoms with Gasteiger partial charge in [-0.05, 0) is 120 Å². The second-order valence-electron chi connectivity index (χ2n) is 20.7. The monoisotopic (exact) mass is 958 g/mol. The van der Waals surface area contributed by atoms with Crippen molar-refractivity contribution in [2.24, 2.45) is 0 Å². The number of anilines is 2. The van der Waals surface area contributed by atoms with Crippen molar-refractivity contribution in [3.63, 3.8) is 0 Å². The Morgan fingerprint density at radius 1 is 0.413 bits per heavy atom. The second kappa shape index (κ2) is 18.1. The van der Waals surface area contributed by atoms with Crippen LogP contribution < -0.4 is 4.90 Å². The summed E-state index contributed by atoms with van der Waals surface area (Å²) in [6.45, 7) is 4.74. The topological polar surface area (TPSA) is 8.17 Å². The molecule has 1 atom stereocenters. The molecule has 14 rings (SSSR count). The molecule has 0 radical (unpaired) electrons. The Balaban J connectivity index is 0.833. The molecule has 75 heavy (non-hydrogen) atoms. The molecule has 0 N–H and O–H groups in total. The molecule has 12 aromatic rings. The SMILES string of the molecule is CC1(C)c2ccccc2-c2ccc(N(c3ccc(-c4ccccc4)cc3)C3C=CC(c4ccc(-c5ccccc5-n5c6cccc(-c7ccccc7)c6c6cccc(-c7cccc8ccccc78)c65)cc4)=CC3)cc21. The third kappa shape index (κ3) is 7.47. The average Bonchev–Trinajstić information content (AvgIpc) is 4.02. The number of rotatable bonds is 9. The third-order valence-corrected chi connectivity index (χ3v) is 16.2. The van der Waals surface area contributed by atoms with Crippen LogP contribution in [0.3, 0.4) is 0 Å². The Labute approximate surface area is 439 Å². The number of hydrogen-bond acceptors (Lipinski definition) is 1. The van der Waals surface area contributed by atoms with Crippen molar-refractivity contribution in [1.82, 2.24) is 4.57 Å². The van der Waals surface area contributed by atoms with Crippen LogP contribution in [0.2, 0.25) is 0 Å². The van der Waals surface area contributed by atoms with E-state index in [1.165, 1.54) is 122 Å². The van der Waals surface area contributed by atoms with Gasteiger partial charge in [-0.3, -0.25) is 0 Å². The van der Waals surface area contributed by atoms with Crippen LogP contribution >= 0.6 is 0 Å². The van der Waals surface area contributed by atoms with Crippen LogP contribution in [0.25, 0.3) is 99.5 Å². The number of fused-ring (bicyclic) bond motifs is 7. The van der Waals surface area contributed by atoms with Crippen LogP contribution in [-0.4, -0.2) is 10.6 Å². The van der Waals surface area contributed by atoms with Crippen molar-refractivity contribution in [2.45, 2.75) is 31.7 Å². The molecule has 1 aromatic heterocycles. The van der Waals surface area contributed by atoms with E-state index in [-0.39, 0.29) is 11.5 Å². The van der Waals surface area contributed by atoms with Crippen LogP contribution in [0, 0.1) is 0 Å². The van der Waals surface area contributed by atoms with Crippen molar-refractivity contribution in [2.75, 3.05) is 4.90 Å². The summed E-state index contributed by atoms with van der Waals surface area (Å²) in [5, 5.41) is 4.98. The molecule has 0 saturated heterocycles. The number of para-hydroxylation sites is 2. The number of aromatic nitrogens is 1. The Morgan fingerprint density at radius 2 is 0.973 bits per heavy atom. The molecule has 356 valence electrons. The summed E-state index contributed by atoms with van der Waals surface area (Å²) in [6, 6.07) is 94.1. The van der Waals surface area contributed by atoms with Crippen molar-refractivity contribution in [1.29, 1.82) is 0 Å². The highest BCUT2D eigenvalue weighted by Gasteiger charge is 2.36. The molecule has 1 unspecified atom stereocenters. The summed E-state index contributed by atoms with van der Waals surface area (Å²) in [4.78, 5) is 2.54. The van der Waals surface area contributed by atoms with Gasteiger partial charge < -0.3 is 9.47 Å². The minimum absolute atomic E-state index is 0.0945. The first-order valence-electron chi connectivity index (χ1n) is 26.4. The normalized spacial score (nSPS) is 14.5. The molecule has 2 heteroatoms. The highest BCUT2D eigenvalue weighted by atomic mass is 15.2. The van der Waals surface area contributed by atoms with Gasteiger partial charge in [0.1, 0.15) is 0 Å². The lowest BCUT2D eigenvalue weighted by molar-refractivity contribution is 0.659. The lowest BCUT2D eigenvalue weighted by Crippen LogP contribution is -2.30. The average molecular weight is 959 g/mol. The molecule has 0 amide bonds. The molecule has 11 aromatic carbocycles. The van der Waals surface area contributed by atoms with Gasteiger partial charge in [0.05, 0.1) is 22.8 Å². The molecular formula is C73H54N2. The number of benzene rings is 11. The van der Waals surface area contributed by atoms with Crippen molar-refractivity contribution >= 4 is 49.5 Å². The van der Waals surface area contributed by atoms with Crippen LogP contribution in [0.4, 0.5) is 11.4 Å². The zero-order chi connectivity index (χ0) is 50.0. The molecular weight excluding hydrogens is 905 g/mol. The van der Waals surface area contributed by atoms with E-state index in [1.807, 2.05) is 0 Å². The fraction of sp³-hybridized carbons (Fsp3) is 0.0685. The van der Waals surface area contributed by atoms with E-state index >= 15 is 0 Å².